The number of hydrogen-bond donors (Lipinski definition) is 0. The third-order valence-corrected chi connectivity index (χ3v) is 6.68. The van der Waals surface area contributed by atoms with Gasteiger partial charge >= 0.3 is 0 Å². The van der Waals surface area contributed by atoms with E-state index in [1.54, 1.807) is 4.90 Å². The number of benzene rings is 2. The fraction of sp³-hybridized carbons (Fsp3) is 0.364. The first kappa shape index (κ1) is 22.1. The van der Waals surface area contributed by atoms with E-state index in [1.807, 2.05) is 56.2 Å². The van der Waals surface area contributed by atoms with Crippen molar-refractivity contribution < 1.29 is 4.79 Å². The molecule has 3 aromatic rings. The molecule has 7 heteroatoms. The van der Waals surface area contributed by atoms with Gasteiger partial charge in [0.1, 0.15) is 5.52 Å². The minimum atomic E-state index is 0.0475. The van der Waals surface area contributed by atoms with E-state index in [0.717, 1.165) is 22.3 Å². The molecule has 0 radical (unpaired) electrons. The maximum atomic E-state index is 13.2. The molecule has 0 N–H and O–H groups in total. The van der Waals surface area contributed by atoms with E-state index in [2.05, 4.69) is 35.9 Å². The van der Waals surface area contributed by atoms with Crippen molar-refractivity contribution in [2.75, 3.05) is 32.1 Å². The Morgan fingerprint density at radius 1 is 1.14 bits per heavy atom. The van der Waals surface area contributed by atoms with Gasteiger partial charge in [-0.1, -0.05) is 55.0 Å². The van der Waals surface area contributed by atoms with Gasteiger partial charge in [0, 0.05) is 23.2 Å². The van der Waals surface area contributed by atoms with E-state index in [9.17, 15) is 4.79 Å². The fourth-order valence-corrected chi connectivity index (χ4v) is 5.02. The molecular weight excluding hydrogens is 422 g/mol. The number of hydrogen-bond acceptors (Lipinski definition) is 5. The number of thiazole rings is 1. The largest absolute Gasteiger partial charge is 0.308 e. The van der Waals surface area contributed by atoms with Crippen LogP contribution in [0.15, 0.2) is 47.4 Å². The number of rotatable bonds is 8. The zero-order valence-corrected chi connectivity index (χ0v) is 19.6. The highest BCUT2D eigenvalue weighted by Gasteiger charge is 2.21. The number of aromatic nitrogens is 1. The van der Waals surface area contributed by atoms with Crippen LogP contribution in [0.5, 0.6) is 0 Å². The summed E-state index contributed by atoms with van der Waals surface area (Å²) in [5, 5.41) is 1.85. The third kappa shape index (κ3) is 5.95. The van der Waals surface area contributed by atoms with Crippen molar-refractivity contribution in [2.45, 2.75) is 30.4 Å². The quantitative estimate of drug-likeness (QED) is 0.422. The van der Waals surface area contributed by atoms with Crippen molar-refractivity contribution in [1.29, 1.82) is 0 Å². The van der Waals surface area contributed by atoms with Crippen molar-refractivity contribution in [3.8, 4) is 0 Å². The zero-order valence-electron chi connectivity index (χ0n) is 17.2. The van der Waals surface area contributed by atoms with Gasteiger partial charge in [-0.15, -0.1) is 11.8 Å². The lowest BCUT2D eigenvalue weighted by atomic mass is 10.1. The van der Waals surface area contributed by atoms with Crippen molar-refractivity contribution in [3.05, 3.63) is 53.1 Å². The smallest absolute Gasteiger partial charge is 0.233 e. The van der Waals surface area contributed by atoms with Crippen molar-refractivity contribution >= 4 is 56.0 Å². The van der Waals surface area contributed by atoms with Gasteiger partial charge < -0.3 is 4.90 Å². The van der Waals surface area contributed by atoms with Crippen molar-refractivity contribution in [1.82, 2.24) is 9.88 Å². The minimum Gasteiger partial charge on any atom is -0.308 e. The van der Waals surface area contributed by atoms with Crippen molar-refractivity contribution in [3.63, 3.8) is 0 Å². The maximum Gasteiger partial charge on any atom is 0.233 e. The predicted octanol–water partition coefficient (Wildman–Crippen LogP) is 5.59. The Hall–Kier alpha value is -1.60. The third-order valence-electron chi connectivity index (χ3n) is 4.31. The topological polar surface area (TPSA) is 36.4 Å². The molecule has 0 saturated carbocycles. The average molecular weight is 448 g/mol. The number of halogens is 1. The summed E-state index contributed by atoms with van der Waals surface area (Å²) in [6.45, 7) is 5.70. The van der Waals surface area contributed by atoms with Gasteiger partial charge in [0.05, 0.1) is 16.1 Å². The number of fused-ring (bicyclic) bond motifs is 1. The molecule has 0 saturated heterocycles. The van der Waals surface area contributed by atoms with Crippen LogP contribution in [0.25, 0.3) is 10.2 Å². The molecule has 4 nitrogen and oxygen atoms in total. The van der Waals surface area contributed by atoms with E-state index in [-0.39, 0.29) is 5.91 Å². The highest BCUT2D eigenvalue weighted by molar-refractivity contribution is 7.99. The van der Waals surface area contributed by atoms with Gasteiger partial charge in [-0.3, -0.25) is 9.69 Å². The van der Waals surface area contributed by atoms with Gasteiger partial charge in [0.15, 0.2) is 5.13 Å². The molecular formula is C22H26ClN3OS2. The average Bonchev–Trinajstić information content (AvgIpc) is 3.08. The summed E-state index contributed by atoms with van der Waals surface area (Å²) in [5.41, 5.74) is 1.77. The Bertz CT molecular complexity index is 970. The molecule has 0 aliphatic heterocycles. The minimum absolute atomic E-state index is 0.0475. The number of likely N-dealkylation sites (N-methyl/N-ethyl adjacent to an activating group) is 1. The van der Waals surface area contributed by atoms with Crippen LogP contribution < -0.4 is 4.90 Å². The number of thioether (sulfide) groups is 1. The number of carbonyl (C=O) groups excluding carboxylic acids is 1. The Labute approximate surface area is 185 Å². The van der Waals surface area contributed by atoms with Crippen LogP contribution in [0.1, 0.15) is 19.4 Å². The fourth-order valence-electron chi connectivity index (χ4n) is 2.87. The van der Waals surface area contributed by atoms with Gasteiger partial charge in [0.25, 0.3) is 0 Å². The van der Waals surface area contributed by atoms with Crippen LogP contribution in [0.2, 0.25) is 5.02 Å². The Balaban J connectivity index is 1.81. The summed E-state index contributed by atoms with van der Waals surface area (Å²) in [7, 11) is 4.01. The van der Waals surface area contributed by atoms with E-state index in [4.69, 9.17) is 11.6 Å². The first-order valence-electron chi connectivity index (χ1n) is 9.59. The molecule has 0 unspecified atom stereocenters. The van der Waals surface area contributed by atoms with Crippen molar-refractivity contribution in [2.24, 2.45) is 0 Å². The molecule has 0 spiro atoms. The molecule has 0 bridgehead atoms. The lowest BCUT2D eigenvalue weighted by molar-refractivity contribution is -0.118. The predicted molar refractivity (Wildman–Crippen MR) is 127 cm³/mol. The van der Waals surface area contributed by atoms with E-state index >= 15 is 0 Å². The second kappa shape index (κ2) is 9.94. The van der Waals surface area contributed by atoms with Gasteiger partial charge in [-0.05, 0) is 43.9 Å². The second-order valence-corrected chi connectivity index (χ2v) is 10.5. The summed E-state index contributed by atoms with van der Waals surface area (Å²) < 4.78 is 0.991. The Morgan fingerprint density at radius 3 is 2.48 bits per heavy atom. The van der Waals surface area contributed by atoms with E-state index < -0.39 is 0 Å². The monoisotopic (exact) mass is 447 g/mol. The first-order valence-corrected chi connectivity index (χ1v) is 11.7. The van der Waals surface area contributed by atoms with Gasteiger partial charge in [0.2, 0.25) is 5.91 Å². The number of anilines is 1. The van der Waals surface area contributed by atoms with Crippen LogP contribution in [-0.2, 0) is 11.2 Å². The molecule has 0 aliphatic rings. The van der Waals surface area contributed by atoms with Crippen LogP contribution in [0.3, 0.4) is 0 Å². The van der Waals surface area contributed by atoms with E-state index in [0.29, 0.717) is 28.4 Å². The van der Waals surface area contributed by atoms with Crippen LogP contribution in [0, 0.1) is 0 Å². The van der Waals surface area contributed by atoms with Gasteiger partial charge in [-0.2, -0.15) is 0 Å². The lowest BCUT2D eigenvalue weighted by Crippen LogP contribution is -2.37. The Kier molecular flexibility index (Phi) is 7.57. The number of para-hydroxylation sites is 1. The molecule has 0 fully saturated rings. The molecule has 1 aromatic heterocycles. The molecule has 1 amide bonds. The standard InChI is InChI=1S/C22H26ClN3OS2/c1-15(2)28-17-10-8-16(9-11-17)14-20(27)26(13-12-25(3)4)22-24-21-18(23)6-5-7-19(21)29-22/h5-11,15H,12-14H2,1-4H3. The van der Waals surface area contributed by atoms with Crippen LogP contribution in [0.4, 0.5) is 5.13 Å². The molecule has 2 aromatic carbocycles. The summed E-state index contributed by atoms with van der Waals surface area (Å²) in [5.74, 6) is 0.0475. The Morgan fingerprint density at radius 2 is 1.86 bits per heavy atom. The molecule has 3 rings (SSSR count). The number of nitrogens with zero attached hydrogens (tertiary/aromatic N) is 3. The zero-order chi connectivity index (χ0) is 21.0. The highest BCUT2D eigenvalue weighted by Crippen LogP contribution is 2.33. The highest BCUT2D eigenvalue weighted by atomic mass is 35.5. The number of carbonyl (C=O) groups is 1. The second-order valence-electron chi connectivity index (χ2n) is 7.42. The molecule has 154 valence electrons. The molecule has 0 aliphatic carbocycles. The van der Waals surface area contributed by atoms with E-state index in [1.165, 1.54) is 16.2 Å². The number of amides is 1. The summed E-state index contributed by atoms with van der Waals surface area (Å²) in [6, 6.07) is 14.0. The molecule has 29 heavy (non-hydrogen) atoms. The SMILES string of the molecule is CC(C)Sc1ccc(CC(=O)N(CCN(C)C)c2nc3c(Cl)cccc3s2)cc1. The summed E-state index contributed by atoms with van der Waals surface area (Å²) in [4.78, 5) is 22.9. The van der Waals surface area contributed by atoms with Crippen LogP contribution >= 0.6 is 34.7 Å². The normalized spacial score (nSPS) is 11.6. The lowest BCUT2D eigenvalue weighted by Gasteiger charge is -2.22. The molecule has 0 atom stereocenters. The molecule has 1 heterocycles. The van der Waals surface area contributed by atoms with Crippen LogP contribution in [-0.4, -0.2) is 48.2 Å². The summed E-state index contributed by atoms with van der Waals surface area (Å²) >= 11 is 9.62. The maximum absolute atomic E-state index is 13.2. The van der Waals surface area contributed by atoms with Gasteiger partial charge in [-0.25, -0.2) is 4.98 Å². The summed E-state index contributed by atoms with van der Waals surface area (Å²) in [6.07, 6.45) is 0.351. The first-order chi connectivity index (χ1) is 13.8.